The maximum absolute atomic E-state index is 6.17. The van der Waals surface area contributed by atoms with Crippen LogP contribution in [0.25, 0.3) is 11.0 Å². The van der Waals surface area contributed by atoms with Gasteiger partial charge in [0.25, 0.3) is 0 Å². The minimum Gasteiger partial charge on any atom is -0.459 e. The van der Waals surface area contributed by atoms with Crippen LogP contribution >= 0.6 is 0 Å². The average Bonchev–Trinajstić information content (AvgIpc) is 2.69. The van der Waals surface area contributed by atoms with Crippen LogP contribution in [-0.4, -0.2) is 6.54 Å². The molecule has 0 saturated carbocycles. The Morgan fingerprint density at radius 3 is 2.42 bits per heavy atom. The van der Waals surface area contributed by atoms with Gasteiger partial charge in [0.05, 0.1) is 6.04 Å². The number of benzene rings is 1. The molecule has 0 fully saturated rings. The third-order valence-corrected chi connectivity index (χ3v) is 3.87. The molecule has 2 rings (SSSR count). The van der Waals surface area contributed by atoms with Crippen molar-refractivity contribution in [3.05, 3.63) is 34.6 Å². The number of nitrogens with one attached hydrogen (secondary N) is 1. The van der Waals surface area contributed by atoms with Gasteiger partial charge in [0.1, 0.15) is 11.3 Å². The maximum Gasteiger partial charge on any atom is 0.137 e. The fourth-order valence-corrected chi connectivity index (χ4v) is 2.82. The van der Waals surface area contributed by atoms with Gasteiger partial charge in [-0.3, -0.25) is 0 Å². The van der Waals surface area contributed by atoms with Gasteiger partial charge in [-0.2, -0.15) is 0 Å². The average molecular weight is 259 g/mol. The Kier molecular flexibility index (Phi) is 4.00. The molecule has 0 aliphatic rings. The summed E-state index contributed by atoms with van der Waals surface area (Å²) in [5.74, 6) is 1.59. The summed E-state index contributed by atoms with van der Waals surface area (Å²) in [5.41, 5.74) is 4.95. The van der Waals surface area contributed by atoms with Gasteiger partial charge in [0.15, 0.2) is 0 Å². The fourth-order valence-electron chi connectivity index (χ4n) is 2.82. The lowest BCUT2D eigenvalue weighted by Gasteiger charge is -2.10. The molecular weight excluding hydrogens is 234 g/mol. The highest BCUT2D eigenvalue weighted by Gasteiger charge is 2.20. The van der Waals surface area contributed by atoms with E-state index in [0.29, 0.717) is 5.92 Å². The molecular formula is C17H25NO. The van der Waals surface area contributed by atoms with Crippen LogP contribution in [0, 0.1) is 13.8 Å². The first kappa shape index (κ1) is 14.1. The van der Waals surface area contributed by atoms with E-state index in [4.69, 9.17) is 4.42 Å². The van der Waals surface area contributed by atoms with Gasteiger partial charge in [-0.1, -0.05) is 32.9 Å². The highest BCUT2D eigenvalue weighted by Crippen LogP contribution is 2.36. The lowest BCUT2D eigenvalue weighted by molar-refractivity contribution is 0.455. The zero-order chi connectivity index (χ0) is 14.2. The molecule has 1 unspecified atom stereocenters. The molecule has 2 nitrogen and oxygen atoms in total. The van der Waals surface area contributed by atoms with Crippen LogP contribution in [0.2, 0.25) is 0 Å². The fraction of sp³-hybridized carbons (Fsp3) is 0.529. The number of fused-ring (bicyclic) bond motifs is 1. The second-order valence-electron chi connectivity index (χ2n) is 5.70. The molecule has 1 atom stereocenters. The third-order valence-electron chi connectivity index (χ3n) is 3.87. The first-order valence-corrected chi connectivity index (χ1v) is 7.23. The zero-order valence-corrected chi connectivity index (χ0v) is 12.9. The molecule has 1 aromatic carbocycles. The van der Waals surface area contributed by atoms with Gasteiger partial charge in [-0.15, -0.1) is 0 Å². The van der Waals surface area contributed by atoms with Crippen molar-refractivity contribution in [3.63, 3.8) is 0 Å². The summed E-state index contributed by atoms with van der Waals surface area (Å²) in [4.78, 5) is 0. The minimum atomic E-state index is 0.261. The molecule has 0 spiro atoms. The highest BCUT2D eigenvalue weighted by atomic mass is 16.3. The molecule has 0 aliphatic carbocycles. The molecule has 19 heavy (non-hydrogen) atoms. The van der Waals surface area contributed by atoms with Crippen molar-refractivity contribution in [1.29, 1.82) is 0 Å². The van der Waals surface area contributed by atoms with E-state index in [9.17, 15) is 0 Å². The molecule has 1 N–H and O–H groups in total. The van der Waals surface area contributed by atoms with E-state index >= 15 is 0 Å². The summed E-state index contributed by atoms with van der Waals surface area (Å²) in [7, 11) is 0. The molecule has 0 bridgehead atoms. The summed E-state index contributed by atoms with van der Waals surface area (Å²) >= 11 is 0. The summed E-state index contributed by atoms with van der Waals surface area (Å²) in [6.07, 6.45) is 0. The topological polar surface area (TPSA) is 25.2 Å². The summed E-state index contributed by atoms with van der Waals surface area (Å²) in [5, 5.41) is 4.75. The molecule has 1 heterocycles. The Hall–Kier alpha value is -1.28. The zero-order valence-electron chi connectivity index (χ0n) is 12.9. The second kappa shape index (κ2) is 5.38. The Morgan fingerprint density at radius 1 is 1.16 bits per heavy atom. The largest absolute Gasteiger partial charge is 0.459 e. The Labute approximate surface area is 116 Å². The van der Waals surface area contributed by atoms with Crippen molar-refractivity contribution >= 4 is 11.0 Å². The van der Waals surface area contributed by atoms with E-state index in [2.05, 4.69) is 59.0 Å². The number of aryl methyl sites for hydroxylation is 2. The Morgan fingerprint density at radius 2 is 1.84 bits per heavy atom. The standard InChI is InChI=1S/C17H25NO/c1-7-18-13(6)17-12(5)15-14(10(2)3)9-8-11(4)16(15)19-17/h8-10,13,18H,7H2,1-6H3. The van der Waals surface area contributed by atoms with Crippen LogP contribution in [0.5, 0.6) is 0 Å². The van der Waals surface area contributed by atoms with Gasteiger partial charge >= 0.3 is 0 Å². The molecule has 104 valence electrons. The van der Waals surface area contributed by atoms with E-state index in [0.717, 1.165) is 17.9 Å². The molecule has 0 saturated heterocycles. The first-order valence-electron chi connectivity index (χ1n) is 7.23. The summed E-state index contributed by atoms with van der Waals surface area (Å²) in [6.45, 7) is 14.0. The van der Waals surface area contributed by atoms with Gasteiger partial charge in [0, 0.05) is 10.9 Å². The predicted molar refractivity (Wildman–Crippen MR) is 81.9 cm³/mol. The van der Waals surface area contributed by atoms with E-state index < -0.39 is 0 Å². The Bertz CT molecular complexity index is 580. The number of hydrogen-bond donors (Lipinski definition) is 1. The van der Waals surface area contributed by atoms with Crippen molar-refractivity contribution in [2.45, 2.75) is 53.5 Å². The molecule has 0 radical (unpaired) electrons. The van der Waals surface area contributed by atoms with Crippen molar-refractivity contribution in [2.24, 2.45) is 0 Å². The van der Waals surface area contributed by atoms with Crippen LogP contribution in [0.1, 0.15) is 62.1 Å². The van der Waals surface area contributed by atoms with Crippen LogP contribution in [0.15, 0.2) is 16.5 Å². The van der Waals surface area contributed by atoms with Crippen LogP contribution in [-0.2, 0) is 0 Å². The number of hydrogen-bond acceptors (Lipinski definition) is 2. The van der Waals surface area contributed by atoms with Gasteiger partial charge in [0.2, 0.25) is 0 Å². The smallest absolute Gasteiger partial charge is 0.137 e. The second-order valence-corrected chi connectivity index (χ2v) is 5.70. The van der Waals surface area contributed by atoms with Gasteiger partial charge < -0.3 is 9.73 Å². The van der Waals surface area contributed by atoms with Crippen LogP contribution in [0.4, 0.5) is 0 Å². The molecule has 1 aromatic heterocycles. The molecule has 2 aromatic rings. The first-order chi connectivity index (χ1) is 8.97. The molecule has 0 aliphatic heterocycles. The highest BCUT2D eigenvalue weighted by molar-refractivity contribution is 5.88. The van der Waals surface area contributed by atoms with Crippen molar-refractivity contribution in [3.8, 4) is 0 Å². The van der Waals surface area contributed by atoms with Crippen LogP contribution in [0.3, 0.4) is 0 Å². The summed E-state index contributed by atoms with van der Waals surface area (Å²) < 4.78 is 6.17. The number of rotatable bonds is 4. The number of furan rings is 1. The quantitative estimate of drug-likeness (QED) is 0.849. The normalized spacial score (nSPS) is 13.4. The SMILES string of the molecule is CCNC(C)c1oc2c(C)ccc(C(C)C)c2c1C. The van der Waals surface area contributed by atoms with E-state index in [1.165, 1.54) is 22.1 Å². The van der Waals surface area contributed by atoms with Crippen LogP contribution < -0.4 is 5.32 Å². The lowest BCUT2D eigenvalue weighted by Crippen LogP contribution is -2.17. The van der Waals surface area contributed by atoms with Crippen molar-refractivity contribution in [2.75, 3.05) is 6.54 Å². The third kappa shape index (κ3) is 2.42. The molecule has 2 heteroatoms. The van der Waals surface area contributed by atoms with E-state index in [-0.39, 0.29) is 6.04 Å². The Balaban J connectivity index is 2.68. The maximum atomic E-state index is 6.17. The monoisotopic (exact) mass is 259 g/mol. The van der Waals surface area contributed by atoms with E-state index in [1.54, 1.807) is 0 Å². The molecule has 0 amide bonds. The summed E-state index contributed by atoms with van der Waals surface area (Å²) in [6, 6.07) is 4.67. The van der Waals surface area contributed by atoms with Gasteiger partial charge in [-0.25, -0.2) is 0 Å². The van der Waals surface area contributed by atoms with Crippen molar-refractivity contribution < 1.29 is 4.42 Å². The van der Waals surface area contributed by atoms with Gasteiger partial charge in [-0.05, 0) is 44.4 Å². The van der Waals surface area contributed by atoms with E-state index in [1.807, 2.05) is 0 Å². The minimum absolute atomic E-state index is 0.261. The predicted octanol–water partition coefficient (Wildman–Crippen LogP) is 4.84. The van der Waals surface area contributed by atoms with Crippen molar-refractivity contribution in [1.82, 2.24) is 5.32 Å². The lowest BCUT2D eigenvalue weighted by atomic mass is 9.94.